The number of carbonyl (C=O) groups is 1. The summed E-state index contributed by atoms with van der Waals surface area (Å²) in [5, 5.41) is 0. The zero-order valence-corrected chi connectivity index (χ0v) is 10.8. The van der Waals surface area contributed by atoms with Crippen molar-refractivity contribution >= 4 is 5.97 Å². The van der Waals surface area contributed by atoms with Gasteiger partial charge in [-0.3, -0.25) is 9.69 Å². The van der Waals surface area contributed by atoms with Gasteiger partial charge in [-0.2, -0.15) is 0 Å². The van der Waals surface area contributed by atoms with Crippen molar-refractivity contribution in [1.82, 2.24) is 4.90 Å². The van der Waals surface area contributed by atoms with Crippen molar-refractivity contribution in [2.24, 2.45) is 5.92 Å². The molecule has 0 amide bonds. The van der Waals surface area contributed by atoms with E-state index < -0.39 is 0 Å². The van der Waals surface area contributed by atoms with E-state index >= 15 is 0 Å². The van der Waals surface area contributed by atoms with E-state index in [-0.39, 0.29) is 5.97 Å². The van der Waals surface area contributed by atoms with Crippen molar-refractivity contribution in [3.8, 4) is 0 Å². The van der Waals surface area contributed by atoms with E-state index in [0.717, 1.165) is 6.54 Å². The Bertz CT molecular complexity index is 230. The Balaban J connectivity index is 1.53. The molecule has 2 rings (SSSR count). The standard InChI is InChI=1S/C14H25NO2/c16-14(12-13-6-2-3-7-13)17-11-10-15-8-4-1-5-9-15/h13H,1-12H2. The number of piperidine rings is 1. The van der Waals surface area contributed by atoms with E-state index in [2.05, 4.69) is 4.90 Å². The fraction of sp³-hybridized carbons (Fsp3) is 0.929. The second kappa shape index (κ2) is 7.00. The maximum atomic E-state index is 11.6. The first kappa shape index (κ1) is 12.9. The molecule has 0 aromatic carbocycles. The van der Waals surface area contributed by atoms with Gasteiger partial charge >= 0.3 is 5.97 Å². The summed E-state index contributed by atoms with van der Waals surface area (Å²) < 4.78 is 5.33. The molecule has 0 bridgehead atoms. The monoisotopic (exact) mass is 239 g/mol. The molecule has 0 unspecified atom stereocenters. The van der Waals surface area contributed by atoms with Crippen LogP contribution in [0, 0.1) is 5.92 Å². The third-order valence-electron chi connectivity index (χ3n) is 4.05. The first-order chi connectivity index (χ1) is 8.34. The molecule has 1 heterocycles. The molecule has 0 aromatic rings. The minimum absolute atomic E-state index is 0.0221. The second-order valence-corrected chi connectivity index (χ2v) is 5.48. The second-order valence-electron chi connectivity index (χ2n) is 5.48. The van der Waals surface area contributed by atoms with Crippen LogP contribution in [0.3, 0.4) is 0 Å². The number of carbonyl (C=O) groups excluding carboxylic acids is 1. The molecular weight excluding hydrogens is 214 g/mol. The highest BCUT2D eigenvalue weighted by atomic mass is 16.5. The maximum absolute atomic E-state index is 11.6. The van der Waals surface area contributed by atoms with Crippen molar-refractivity contribution in [2.45, 2.75) is 51.4 Å². The Kier molecular flexibility index (Phi) is 5.30. The first-order valence-electron chi connectivity index (χ1n) is 7.22. The van der Waals surface area contributed by atoms with Gasteiger partial charge in [-0.25, -0.2) is 0 Å². The minimum Gasteiger partial charge on any atom is -0.464 e. The molecule has 0 spiro atoms. The number of hydrogen-bond donors (Lipinski definition) is 0. The van der Waals surface area contributed by atoms with Crippen LogP contribution in [0.1, 0.15) is 51.4 Å². The lowest BCUT2D eigenvalue weighted by atomic mass is 10.0. The lowest BCUT2D eigenvalue weighted by molar-refractivity contribution is -0.145. The summed E-state index contributed by atoms with van der Waals surface area (Å²) in [6.45, 7) is 3.88. The largest absolute Gasteiger partial charge is 0.464 e. The smallest absolute Gasteiger partial charge is 0.306 e. The Labute approximate surface area is 105 Å². The van der Waals surface area contributed by atoms with Crippen LogP contribution < -0.4 is 0 Å². The molecule has 2 fully saturated rings. The van der Waals surface area contributed by atoms with Crippen LogP contribution in [0.2, 0.25) is 0 Å². The zero-order chi connectivity index (χ0) is 11.9. The minimum atomic E-state index is 0.0221. The molecule has 1 saturated heterocycles. The first-order valence-corrected chi connectivity index (χ1v) is 7.22. The lowest BCUT2D eigenvalue weighted by Crippen LogP contribution is -2.33. The maximum Gasteiger partial charge on any atom is 0.306 e. The highest BCUT2D eigenvalue weighted by Gasteiger charge is 2.19. The van der Waals surface area contributed by atoms with Crippen molar-refractivity contribution < 1.29 is 9.53 Å². The van der Waals surface area contributed by atoms with Gasteiger partial charge in [0.1, 0.15) is 6.61 Å². The molecule has 3 nitrogen and oxygen atoms in total. The van der Waals surface area contributed by atoms with Gasteiger partial charge < -0.3 is 4.74 Å². The highest BCUT2D eigenvalue weighted by molar-refractivity contribution is 5.69. The van der Waals surface area contributed by atoms with Gasteiger partial charge in [0, 0.05) is 13.0 Å². The molecule has 1 saturated carbocycles. The van der Waals surface area contributed by atoms with E-state index in [1.54, 1.807) is 0 Å². The molecule has 0 N–H and O–H groups in total. The van der Waals surface area contributed by atoms with Crippen molar-refractivity contribution in [3.05, 3.63) is 0 Å². The number of likely N-dealkylation sites (tertiary alicyclic amines) is 1. The Hall–Kier alpha value is -0.570. The summed E-state index contributed by atoms with van der Waals surface area (Å²) in [6, 6.07) is 0. The average Bonchev–Trinajstić information content (AvgIpc) is 2.83. The van der Waals surface area contributed by atoms with Crippen LogP contribution in [0.15, 0.2) is 0 Å². The molecule has 0 radical (unpaired) electrons. The third-order valence-corrected chi connectivity index (χ3v) is 4.05. The van der Waals surface area contributed by atoms with Gasteiger partial charge in [-0.15, -0.1) is 0 Å². The van der Waals surface area contributed by atoms with Crippen LogP contribution in [-0.2, 0) is 9.53 Å². The normalized spacial score (nSPS) is 22.8. The highest BCUT2D eigenvalue weighted by Crippen LogP contribution is 2.27. The molecule has 2 aliphatic rings. The van der Waals surface area contributed by atoms with Crippen LogP contribution in [0.5, 0.6) is 0 Å². The lowest BCUT2D eigenvalue weighted by Gasteiger charge is -2.26. The third kappa shape index (κ3) is 4.66. The summed E-state index contributed by atoms with van der Waals surface area (Å²) in [6.07, 6.45) is 9.66. The van der Waals surface area contributed by atoms with Crippen molar-refractivity contribution in [1.29, 1.82) is 0 Å². The topological polar surface area (TPSA) is 29.5 Å². The fourth-order valence-electron chi connectivity index (χ4n) is 2.98. The van der Waals surface area contributed by atoms with E-state index in [4.69, 9.17) is 4.74 Å². The summed E-state index contributed by atoms with van der Waals surface area (Å²) >= 11 is 0. The molecule has 3 heteroatoms. The number of hydrogen-bond acceptors (Lipinski definition) is 3. The average molecular weight is 239 g/mol. The van der Waals surface area contributed by atoms with Crippen molar-refractivity contribution in [3.63, 3.8) is 0 Å². The summed E-state index contributed by atoms with van der Waals surface area (Å²) in [5.74, 6) is 0.631. The Morgan fingerprint density at radius 2 is 1.76 bits per heavy atom. The number of nitrogens with zero attached hydrogens (tertiary/aromatic N) is 1. The Morgan fingerprint density at radius 3 is 2.47 bits per heavy atom. The van der Waals surface area contributed by atoms with Gasteiger partial charge in [0.2, 0.25) is 0 Å². The number of esters is 1. The van der Waals surface area contributed by atoms with Crippen LogP contribution in [0.4, 0.5) is 0 Å². The summed E-state index contributed by atoms with van der Waals surface area (Å²) in [4.78, 5) is 14.0. The molecule has 1 aliphatic heterocycles. The molecular formula is C14H25NO2. The van der Waals surface area contributed by atoms with Crippen LogP contribution in [0.25, 0.3) is 0 Å². The molecule has 98 valence electrons. The van der Waals surface area contributed by atoms with Gasteiger partial charge in [0.25, 0.3) is 0 Å². The number of ether oxygens (including phenoxy) is 1. The predicted octanol–water partition coefficient (Wildman–Crippen LogP) is 2.60. The zero-order valence-electron chi connectivity index (χ0n) is 10.8. The Morgan fingerprint density at radius 1 is 1.06 bits per heavy atom. The fourth-order valence-corrected chi connectivity index (χ4v) is 2.98. The number of rotatable bonds is 5. The van der Waals surface area contributed by atoms with Crippen LogP contribution in [-0.4, -0.2) is 37.1 Å². The van der Waals surface area contributed by atoms with Crippen LogP contribution >= 0.6 is 0 Å². The quantitative estimate of drug-likeness (QED) is 0.691. The van der Waals surface area contributed by atoms with E-state index in [0.29, 0.717) is 18.9 Å². The predicted molar refractivity (Wildman–Crippen MR) is 67.8 cm³/mol. The van der Waals surface area contributed by atoms with Gasteiger partial charge in [0.15, 0.2) is 0 Å². The molecule has 1 aliphatic carbocycles. The van der Waals surface area contributed by atoms with E-state index in [9.17, 15) is 4.79 Å². The molecule has 17 heavy (non-hydrogen) atoms. The van der Waals surface area contributed by atoms with Gasteiger partial charge in [-0.05, 0) is 44.7 Å². The summed E-state index contributed by atoms with van der Waals surface area (Å²) in [5.41, 5.74) is 0. The molecule has 0 atom stereocenters. The van der Waals surface area contributed by atoms with E-state index in [1.807, 2.05) is 0 Å². The molecule has 0 aromatic heterocycles. The van der Waals surface area contributed by atoms with Crippen molar-refractivity contribution in [2.75, 3.05) is 26.2 Å². The van der Waals surface area contributed by atoms with Gasteiger partial charge in [0.05, 0.1) is 0 Å². The SMILES string of the molecule is O=C(CC1CCCC1)OCCN1CCCCC1. The summed E-state index contributed by atoms with van der Waals surface area (Å²) in [7, 11) is 0. The van der Waals surface area contributed by atoms with Gasteiger partial charge in [-0.1, -0.05) is 19.3 Å². The van der Waals surface area contributed by atoms with E-state index in [1.165, 1.54) is 58.0 Å².